The summed E-state index contributed by atoms with van der Waals surface area (Å²) in [5, 5.41) is 3.28. The summed E-state index contributed by atoms with van der Waals surface area (Å²) in [5.74, 6) is -0.295. The van der Waals surface area contributed by atoms with Crippen LogP contribution in [0, 0.1) is 6.92 Å². The third kappa shape index (κ3) is 2.65. The molecule has 92 valence electrons. The lowest BCUT2D eigenvalue weighted by atomic mass is 10.0. The van der Waals surface area contributed by atoms with Crippen LogP contribution in [0.1, 0.15) is 27.6 Å². The molecule has 1 aliphatic heterocycles. The van der Waals surface area contributed by atoms with Gasteiger partial charge in [0, 0.05) is 13.1 Å². The Morgan fingerprint density at radius 3 is 2.94 bits per heavy atom. The van der Waals surface area contributed by atoms with E-state index in [-0.39, 0.29) is 12.1 Å². The highest BCUT2D eigenvalue weighted by Gasteiger charge is 2.17. The molecule has 0 saturated carbocycles. The van der Waals surface area contributed by atoms with E-state index in [2.05, 4.69) is 5.32 Å². The smallest absolute Gasteiger partial charge is 0.338 e. The van der Waals surface area contributed by atoms with Crippen molar-refractivity contribution in [1.82, 2.24) is 5.32 Å². The number of hydrogen-bond donors (Lipinski definition) is 1. The Kier molecular flexibility index (Phi) is 3.76. The number of morpholine rings is 1. The summed E-state index contributed by atoms with van der Waals surface area (Å²) in [7, 11) is 1.39. The SMILES string of the molecule is COC(=O)c1ccc(C2CNCCO2)cc1C. The van der Waals surface area contributed by atoms with Crippen molar-refractivity contribution in [1.29, 1.82) is 0 Å². The maximum Gasteiger partial charge on any atom is 0.338 e. The van der Waals surface area contributed by atoms with Crippen LogP contribution in [0.4, 0.5) is 0 Å². The molecule has 0 radical (unpaired) electrons. The largest absolute Gasteiger partial charge is 0.465 e. The van der Waals surface area contributed by atoms with E-state index in [4.69, 9.17) is 9.47 Å². The zero-order chi connectivity index (χ0) is 12.3. The van der Waals surface area contributed by atoms with Crippen LogP contribution in [-0.4, -0.2) is 32.8 Å². The standard InChI is InChI=1S/C13H17NO3/c1-9-7-10(12-8-14-5-6-17-12)3-4-11(9)13(15)16-2/h3-4,7,12,14H,5-6,8H2,1-2H3. The van der Waals surface area contributed by atoms with Crippen molar-refractivity contribution in [2.45, 2.75) is 13.0 Å². The van der Waals surface area contributed by atoms with E-state index in [0.717, 1.165) is 30.8 Å². The molecule has 1 heterocycles. The van der Waals surface area contributed by atoms with E-state index < -0.39 is 0 Å². The lowest BCUT2D eigenvalue weighted by Gasteiger charge is -2.24. The number of carbonyl (C=O) groups is 1. The van der Waals surface area contributed by atoms with E-state index >= 15 is 0 Å². The second-order valence-electron chi connectivity index (χ2n) is 4.13. The fourth-order valence-corrected chi connectivity index (χ4v) is 2.01. The zero-order valence-electron chi connectivity index (χ0n) is 10.2. The predicted octanol–water partition coefficient (Wildman–Crippen LogP) is 1.44. The highest BCUT2D eigenvalue weighted by molar-refractivity contribution is 5.90. The van der Waals surface area contributed by atoms with Gasteiger partial charge in [-0.25, -0.2) is 4.79 Å². The molecule has 4 nitrogen and oxygen atoms in total. The maximum absolute atomic E-state index is 11.5. The molecule has 0 amide bonds. The van der Waals surface area contributed by atoms with Gasteiger partial charge in [-0.15, -0.1) is 0 Å². The Morgan fingerprint density at radius 2 is 2.35 bits per heavy atom. The average Bonchev–Trinajstić information content (AvgIpc) is 2.39. The Hall–Kier alpha value is -1.39. The Balaban J connectivity index is 2.20. The van der Waals surface area contributed by atoms with Gasteiger partial charge in [-0.2, -0.15) is 0 Å². The normalized spacial score (nSPS) is 20.0. The van der Waals surface area contributed by atoms with Crippen molar-refractivity contribution in [3.8, 4) is 0 Å². The van der Waals surface area contributed by atoms with E-state index in [1.165, 1.54) is 7.11 Å². The van der Waals surface area contributed by atoms with Gasteiger partial charge in [0.25, 0.3) is 0 Å². The molecule has 1 aromatic carbocycles. The molecule has 0 bridgehead atoms. The van der Waals surface area contributed by atoms with Crippen LogP contribution in [-0.2, 0) is 9.47 Å². The second-order valence-corrected chi connectivity index (χ2v) is 4.13. The first-order valence-electron chi connectivity index (χ1n) is 5.73. The summed E-state index contributed by atoms with van der Waals surface area (Å²) in [6.07, 6.45) is 0.0779. The van der Waals surface area contributed by atoms with Crippen LogP contribution in [0.2, 0.25) is 0 Å². The number of carbonyl (C=O) groups excluding carboxylic acids is 1. The lowest BCUT2D eigenvalue weighted by Crippen LogP contribution is -2.33. The van der Waals surface area contributed by atoms with Gasteiger partial charge in [0.15, 0.2) is 0 Å². The van der Waals surface area contributed by atoms with Crippen molar-refractivity contribution in [2.24, 2.45) is 0 Å². The summed E-state index contributed by atoms with van der Waals surface area (Å²) in [5.41, 5.74) is 2.63. The Labute approximate surface area is 101 Å². The van der Waals surface area contributed by atoms with Crippen molar-refractivity contribution < 1.29 is 14.3 Å². The summed E-state index contributed by atoms with van der Waals surface area (Å²) >= 11 is 0. The molecule has 1 N–H and O–H groups in total. The minimum atomic E-state index is -0.295. The van der Waals surface area contributed by atoms with Gasteiger partial charge >= 0.3 is 5.97 Å². The van der Waals surface area contributed by atoms with Crippen LogP contribution in [0.3, 0.4) is 0 Å². The van der Waals surface area contributed by atoms with Gasteiger partial charge in [0.2, 0.25) is 0 Å². The molecule has 1 atom stereocenters. The molecule has 1 unspecified atom stereocenters. The zero-order valence-corrected chi connectivity index (χ0v) is 10.2. The monoisotopic (exact) mass is 235 g/mol. The van der Waals surface area contributed by atoms with E-state index in [0.29, 0.717) is 5.56 Å². The third-order valence-corrected chi connectivity index (χ3v) is 2.96. The second kappa shape index (κ2) is 5.29. The van der Waals surface area contributed by atoms with Crippen LogP contribution in [0.15, 0.2) is 18.2 Å². The van der Waals surface area contributed by atoms with Gasteiger partial charge < -0.3 is 14.8 Å². The summed E-state index contributed by atoms with van der Waals surface area (Å²) in [6.45, 7) is 4.35. The molecule has 1 aliphatic rings. The molecule has 1 saturated heterocycles. The number of hydrogen-bond acceptors (Lipinski definition) is 4. The molecular weight excluding hydrogens is 218 g/mol. The molecule has 17 heavy (non-hydrogen) atoms. The molecule has 1 aromatic rings. The number of esters is 1. The van der Waals surface area contributed by atoms with Crippen molar-refractivity contribution in [2.75, 3.05) is 26.8 Å². The van der Waals surface area contributed by atoms with Crippen molar-refractivity contribution in [3.63, 3.8) is 0 Å². The van der Waals surface area contributed by atoms with Crippen LogP contribution in [0.5, 0.6) is 0 Å². The first kappa shape index (κ1) is 12.1. The molecular formula is C13H17NO3. The van der Waals surface area contributed by atoms with Gasteiger partial charge in [-0.3, -0.25) is 0 Å². The third-order valence-electron chi connectivity index (χ3n) is 2.96. The summed E-state index contributed by atoms with van der Waals surface area (Å²) in [6, 6.07) is 5.72. The lowest BCUT2D eigenvalue weighted by molar-refractivity contribution is 0.0276. The predicted molar refractivity (Wildman–Crippen MR) is 64.1 cm³/mol. The molecule has 0 aromatic heterocycles. The van der Waals surface area contributed by atoms with Crippen LogP contribution in [0.25, 0.3) is 0 Å². The number of methoxy groups -OCH3 is 1. The fraction of sp³-hybridized carbons (Fsp3) is 0.462. The number of aryl methyl sites for hydroxylation is 1. The number of benzene rings is 1. The number of rotatable bonds is 2. The van der Waals surface area contributed by atoms with Gasteiger partial charge in [-0.05, 0) is 24.1 Å². The average molecular weight is 235 g/mol. The molecule has 2 rings (SSSR count). The molecule has 0 spiro atoms. The first-order chi connectivity index (χ1) is 8.22. The Bertz CT molecular complexity index is 411. The maximum atomic E-state index is 11.5. The minimum Gasteiger partial charge on any atom is -0.465 e. The van der Waals surface area contributed by atoms with Crippen molar-refractivity contribution in [3.05, 3.63) is 34.9 Å². The summed E-state index contributed by atoms with van der Waals surface area (Å²) < 4.78 is 10.4. The highest BCUT2D eigenvalue weighted by Crippen LogP contribution is 2.21. The minimum absolute atomic E-state index is 0.0779. The van der Waals surface area contributed by atoms with E-state index in [1.807, 2.05) is 19.1 Å². The van der Waals surface area contributed by atoms with E-state index in [9.17, 15) is 4.79 Å². The van der Waals surface area contributed by atoms with Gasteiger partial charge in [0.05, 0.1) is 25.4 Å². The van der Waals surface area contributed by atoms with Gasteiger partial charge in [0.1, 0.15) is 0 Å². The Morgan fingerprint density at radius 1 is 1.53 bits per heavy atom. The number of nitrogens with one attached hydrogen (secondary N) is 1. The quantitative estimate of drug-likeness (QED) is 0.788. The van der Waals surface area contributed by atoms with Crippen LogP contribution < -0.4 is 5.32 Å². The summed E-state index contributed by atoms with van der Waals surface area (Å²) in [4.78, 5) is 11.5. The van der Waals surface area contributed by atoms with E-state index in [1.54, 1.807) is 6.07 Å². The number of ether oxygens (including phenoxy) is 2. The molecule has 4 heteroatoms. The topological polar surface area (TPSA) is 47.6 Å². The van der Waals surface area contributed by atoms with Crippen molar-refractivity contribution >= 4 is 5.97 Å². The fourth-order valence-electron chi connectivity index (χ4n) is 2.01. The highest BCUT2D eigenvalue weighted by atomic mass is 16.5. The molecule has 0 aliphatic carbocycles. The van der Waals surface area contributed by atoms with Crippen LogP contribution >= 0.6 is 0 Å². The molecule has 1 fully saturated rings. The van der Waals surface area contributed by atoms with Gasteiger partial charge in [-0.1, -0.05) is 12.1 Å². The first-order valence-corrected chi connectivity index (χ1v) is 5.73.